The molecule has 3 N–H and O–H groups in total. The van der Waals surface area contributed by atoms with Crippen LogP contribution >= 0.6 is 15.9 Å². The molecule has 0 atom stereocenters. The number of nitrogens with one attached hydrogen (secondary N) is 3. The molecule has 0 aliphatic heterocycles. The van der Waals surface area contributed by atoms with Crippen LogP contribution in [0, 0.1) is 0 Å². The van der Waals surface area contributed by atoms with Crippen molar-refractivity contribution in [1.29, 1.82) is 0 Å². The van der Waals surface area contributed by atoms with Crippen LogP contribution in [0.2, 0.25) is 0 Å². The predicted octanol–water partition coefficient (Wildman–Crippen LogP) is 4.27. The van der Waals surface area contributed by atoms with Crippen LogP contribution in [0.1, 0.15) is 25.5 Å². The normalized spacial score (nSPS) is 11.4. The van der Waals surface area contributed by atoms with E-state index in [2.05, 4.69) is 60.2 Å². The molecule has 0 unspecified atom stereocenters. The molecule has 0 amide bonds. The molecular weight excluding hydrogens is 494 g/mol. The van der Waals surface area contributed by atoms with Crippen molar-refractivity contribution in [2.45, 2.75) is 26.4 Å². The summed E-state index contributed by atoms with van der Waals surface area (Å²) in [6.07, 6.45) is 3.51. The van der Waals surface area contributed by atoms with Crippen molar-refractivity contribution in [3.63, 3.8) is 0 Å². The molecule has 9 nitrogen and oxygen atoms in total. The van der Waals surface area contributed by atoms with Crippen LogP contribution in [0.4, 0.5) is 23.1 Å². The number of thiol groups is 1. The summed E-state index contributed by atoms with van der Waals surface area (Å²) in [6, 6.07) is 13.6. The third-order valence-corrected chi connectivity index (χ3v) is 5.75. The fourth-order valence-electron chi connectivity index (χ4n) is 3.24. The summed E-state index contributed by atoms with van der Waals surface area (Å²) in [6.45, 7) is 4.36. The van der Waals surface area contributed by atoms with Gasteiger partial charge in [-0.05, 0) is 59.6 Å². The minimum atomic E-state index is -2.68. The van der Waals surface area contributed by atoms with Gasteiger partial charge >= 0.3 is 0 Å². The van der Waals surface area contributed by atoms with Crippen molar-refractivity contribution < 1.29 is 8.42 Å². The number of rotatable bonds is 8. The largest absolute Gasteiger partial charge is 0.339 e. The van der Waals surface area contributed by atoms with E-state index in [1.165, 1.54) is 0 Å². The molecule has 2 aromatic heterocycles. The lowest BCUT2D eigenvalue weighted by Gasteiger charge is -2.13. The van der Waals surface area contributed by atoms with E-state index in [1.807, 2.05) is 53.3 Å². The average molecular weight is 516 g/mol. The second-order valence-corrected chi connectivity index (χ2v) is 9.03. The summed E-state index contributed by atoms with van der Waals surface area (Å²) < 4.78 is 26.9. The van der Waals surface area contributed by atoms with Gasteiger partial charge in [-0.1, -0.05) is 18.2 Å². The molecule has 0 saturated heterocycles. The highest BCUT2D eigenvalue weighted by atomic mass is 79.9. The van der Waals surface area contributed by atoms with Gasteiger partial charge in [-0.15, -0.1) is 0 Å². The molecule has 0 radical (unpaired) electrons. The van der Waals surface area contributed by atoms with Crippen molar-refractivity contribution >= 4 is 60.9 Å². The zero-order chi connectivity index (χ0) is 22.7. The average Bonchev–Trinajstić information content (AvgIpc) is 3.19. The van der Waals surface area contributed by atoms with Crippen molar-refractivity contribution in [3.8, 4) is 0 Å². The first-order valence-electron chi connectivity index (χ1n) is 9.90. The van der Waals surface area contributed by atoms with Gasteiger partial charge in [0.05, 0.1) is 16.2 Å². The van der Waals surface area contributed by atoms with Crippen LogP contribution in [0.25, 0.3) is 10.9 Å². The van der Waals surface area contributed by atoms with Gasteiger partial charge in [0.15, 0.2) is 0 Å². The molecule has 32 heavy (non-hydrogen) atoms. The van der Waals surface area contributed by atoms with Gasteiger partial charge in [0.25, 0.3) is 0 Å². The summed E-state index contributed by atoms with van der Waals surface area (Å²) in [5.74, 6) is 0.971. The van der Waals surface area contributed by atoms with E-state index in [4.69, 9.17) is 0 Å². The number of anilines is 4. The summed E-state index contributed by atoms with van der Waals surface area (Å²) in [7, 11) is -2.68. The number of benzene rings is 2. The Kier molecular flexibility index (Phi) is 6.68. The maximum Gasteiger partial charge on any atom is 0.229 e. The standard InChI is InChI=1S/C21H22BrN7O2S/c1-13(2)29-19-9-16(8-7-15(19)10-24-29)26-21-23-12-17(22)20(28-21)27-18-6-4-3-5-14(18)11-25-32(30)31/h3-10,12-13,32H,11H2,1-2H3,(H,25,30,31)(H2,23,26,27,28). The first kappa shape index (κ1) is 22.2. The molecule has 4 rings (SSSR count). The minimum Gasteiger partial charge on any atom is -0.339 e. The third kappa shape index (κ3) is 5.06. The molecule has 166 valence electrons. The Bertz CT molecular complexity index is 1330. The maximum atomic E-state index is 10.9. The number of para-hydroxylation sites is 1. The van der Waals surface area contributed by atoms with Crippen molar-refractivity contribution in [2.75, 3.05) is 10.6 Å². The fraction of sp³-hybridized carbons (Fsp3) is 0.190. The van der Waals surface area contributed by atoms with Crippen LogP contribution in [0.3, 0.4) is 0 Å². The smallest absolute Gasteiger partial charge is 0.229 e. The second kappa shape index (κ2) is 9.63. The zero-order valence-electron chi connectivity index (χ0n) is 17.4. The Balaban J connectivity index is 1.59. The Morgan fingerprint density at radius 1 is 1.09 bits per heavy atom. The van der Waals surface area contributed by atoms with Crippen LogP contribution in [0.15, 0.2) is 59.3 Å². The van der Waals surface area contributed by atoms with Gasteiger partial charge in [0.1, 0.15) is 5.82 Å². The topological polar surface area (TPSA) is 114 Å². The second-order valence-electron chi connectivity index (χ2n) is 7.35. The number of aromatic nitrogens is 4. The Labute approximate surface area is 195 Å². The van der Waals surface area contributed by atoms with Crippen molar-refractivity contribution in [1.82, 2.24) is 24.5 Å². The summed E-state index contributed by atoms with van der Waals surface area (Å²) in [5, 5.41) is 12.0. The first-order chi connectivity index (χ1) is 15.4. The van der Waals surface area contributed by atoms with E-state index in [1.54, 1.807) is 6.20 Å². The molecule has 11 heteroatoms. The maximum absolute atomic E-state index is 10.9. The number of nitrogens with zero attached hydrogens (tertiary/aromatic N) is 4. The van der Waals surface area contributed by atoms with E-state index < -0.39 is 10.9 Å². The van der Waals surface area contributed by atoms with Gasteiger partial charge < -0.3 is 10.6 Å². The van der Waals surface area contributed by atoms with Crippen molar-refractivity contribution in [2.24, 2.45) is 0 Å². The molecule has 0 spiro atoms. The van der Waals surface area contributed by atoms with Crippen LogP contribution in [-0.2, 0) is 17.4 Å². The molecule has 4 aromatic rings. The lowest BCUT2D eigenvalue weighted by Crippen LogP contribution is -2.12. The molecule has 0 saturated carbocycles. The Morgan fingerprint density at radius 3 is 2.69 bits per heavy atom. The highest BCUT2D eigenvalue weighted by Crippen LogP contribution is 2.28. The number of hydrogen-bond acceptors (Lipinski definition) is 7. The fourth-order valence-corrected chi connectivity index (χ4v) is 3.83. The van der Waals surface area contributed by atoms with Gasteiger partial charge in [0, 0.05) is 35.5 Å². The third-order valence-electron chi connectivity index (χ3n) is 4.76. The van der Waals surface area contributed by atoms with Gasteiger partial charge in [0.2, 0.25) is 16.8 Å². The van der Waals surface area contributed by atoms with E-state index in [-0.39, 0.29) is 12.6 Å². The minimum absolute atomic E-state index is 0.180. The van der Waals surface area contributed by atoms with Crippen molar-refractivity contribution in [3.05, 3.63) is 64.9 Å². The number of halogens is 1. The quantitative estimate of drug-likeness (QED) is 0.259. The summed E-state index contributed by atoms with van der Waals surface area (Å²) in [5.41, 5.74) is 3.40. The highest BCUT2D eigenvalue weighted by molar-refractivity contribution is 9.10. The van der Waals surface area contributed by atoms with E-state index in [0.717, 1.165) is 27.8 Å². The van der Waals surface area contributed by atoms with Gasteiger partial charge in [-0.2, -0.15) is 10.1 Å². The van der Waals surface area contributed by atoms with E-state index in [0.29, 0.717) is 16.2 Å². The predicted molar refractivity (Wildman–Crippen MR) is 130 cm³/mol. The number of hydrogen-bond donors (Lipinski definition) is 4. The molecular formula is C21H22BrN7O2S. The highest BCUT2D eigenvalue weighted by Gasteiger charge is 2.11. The first-order valence-corrected chi connectivity index (χ1v) is 11.9. The summed E-state index contributed by atoms with van der Waals surface area (Å²) >= 11 is 3.47. The molecule has 0 aliphatic rings. The molecule has 0 fully saturated rings. The molecule has 0 aliphatic carbocycles. The van der Waals surface area contributed by atoms with Gasteiger partial charge in [-0.25, -0.2) is 18.1 Å². The lowest BCUT2D eigenvalue weighted by molar-refractivity contribution is 0.551. The Hall–Kier alpha value is -3.02. The summed E-state index contributed by atoms with van der Waals surface area (Å²) in [4.78, 5) is 8.94. The van der Waals surface area contributed by atoms with E-state index >= 15 is 0 Å². The Morgan fingerprint density at radius 2 is 1.91 bits per heavy atom. The van der Waals surface area contributed by atoms with Crippen LogP contribution in [-0.4, -0.2) is 28.2 Å². The SMILES string of the molecule is CC(C)n1ncc2ccc(Nc3ncc(Br)c(Nc4ccccc4CN[SH](=O)=O)n3)cc21. The zero-order valence-corrected chi connectivity index (χ0v) is 19.9. The van der Waals surface area contributed by atoms with Crippen LogP contribution in [0.5, 0.6) is 0 Å². The molecule has 0 bridgehead atoms. The molecule has 2 aromatic carbocycles. The molecule has 2 heterocycles. The van der Waals surface area contributed by atoms with Gasteiger partial charge in [-0.3, -0.25) is 4.68 Å². The van der Waals surface area contributed by atoms with E-state index in [9.17, 15) is 8.42 Å². The number of fused-ring (bicyclic) bond motifs is 1. The monoisotopic (exact) mass is 515 g/mol. The lowest BCUT2D eigenvalue weighted by atomic mass is 10.2. The van der Waals surface area contributed by atoms with Crippen LogP contribution < -0.4 is 15.4 Å².